The SMILES string of the molecule is CC(C)c1sc2nc(Cn3nc(C(F)(F)F)cc3C3CC3)cc(=O)n2c1[C@@H]1C[C@H]1CO. The van der Waals surface area contributed by atoms with Crippen molar-refractivity contribution in [3.8, 4) is 0 Å². The minimum atomic E-state index is -4.51. The fraction of sp³-hybridized carbons (Fsp3) is 0.571. The molecule has 0 spiro atoms. The van der Waals surface area contributed by atoms with E-state index in [0.717, 1.165) is 35.9 Å². The third kappa shape index (κ3) is 3.69. The minimum Gasteiger partial charge on any atom is -0.396 e. The van der Waals surface area contributed by atoms with Gasteiger partial charge >= 0.3 is 6.18 Å². The van der Waals surface area contributed by atoms with Crippen molar-refractivity contribution in [3.63, 3.8) is 0 Å². The summed E-state index contributed by atoms with van der Waals surface area (Å²) in [6.07, 6.45) is -1.97. The summed E-state index contributed by atoms with van der Waals surface area (Å²) >= 11 is 1.44. The standard InChI is InChI=1S/C21H23F3N4O2S/c1-10(2)19-18(14-5-12(14)9-29)28-17(30)6-13(25-20(28)31-19)8-27-15(11-3-4-11)7-16(26-27)21(22,23)24/h6-7,10-12,14,29H,3-5,8-9H2,1-2H3/t12-,14+/m0/s1. The van der Waals surface area contributed by atoms with E-state index in [2.05, 4.69) is 23.9 Å². The maximum Gasteiger partial charge on any atom is 0.435 e. The molecule has 2 aliphatic rings. The Labute approximate surface area is 180 Å². The highest BCUT2D eigenvalue weighted by atomic mass is 32.1. The van der Waals surface area contributed by atoms with E-state index in [1.54, 1.807) is 4.40 Å². The topological polar surface area (TPSA) is 72.4 Å². The highest BCUT2D eigenvalue weighted by molar-refractivity contribution is 7.17. The van der Waals surface area contributed by atoms with E-state index in [-0.39, 0.29) is 42.4 Å². The van der Waals surface area contributed by atoms with Gasteiger partial charge < -0.3 is 5.11 Å². The molecule has 0 radical (unpaired) electrons. The molecule has 5 rings (SSSR count). The minimum absolute atomic E-state index is 0.0284. The predicted octanol–water partition coefficient (Wildman–Crippen LogP) is 4.12. The van der Waals surface area contributed by atoms with Gasteiger partial charge in [0.05, 0.1) is 12.2 Å². The van der Waals surface area contributed by atoms with Gasteiger partial charge in [-0.05, 0) is 37.2 Å². The van der Waals surface area contributed by atoms with Gasteiger partial charge in [0, 0.05) is 40.8 Å². The molecule has 3 heterocycles. The first-order valence-electron chi connectivity index (χ1n) is 10.5. The van der Waals surface area contributed by atoms with Crippen LogP contribution in [0.4, 0.5) is 13.2 Å². The summed E-state index contributed by atoms with van der Waals surface area (Å²) in [5, 5.41) is 13.3. The van der Waals surface area contributed by atoms with Crippen molar-refractivity contribution in [2.75, 3.05) is 6.61 Å². The number of aromatic nitrogens is 4. The van der Waals surface area contributed by atoms with E-state index in [0.29, 0.717) is 16.3 Å². The van der Waals surface area contributed by atoms with Crippen LogP contribution in [-0.2, 0) is 12.7 Å². The molecule has 6 nitrogen and oxygen atoms in total. The second kappa shape index (κ2) is 7.16. The number of alkyl halides is 3. The quantitative estimate of drug-likeness (QED) is 0.611. The number of aliphatic hydroxyl groups excluding tert-OH is 1. The lowest BCUT2D eigenvalue weighted by molar-refractivity contribution is -0.141. The zero-order valence-corrected chi connectivity index (χ0v) is 18.0. The van der Waals surface area contributed by atoms with Gasteiger partial charge in [0.15, 0.2) is 10.7 Å². The fourth-order valence-electron chi connectivity index (χ4n) is 4.24. The fourth-order valence-corrected chi connectivity index (χ4v) is 5.46. The van der Waals surface area contributed by atoms with E-state index < -0.39 is 11.9 Å². The van der Waals surface area contributed by atoms with Gasteiger partial charge in [-0.3, -0.25) is 13.9 Å². The molecule has 3 aromatic heterocycles. The lowest BCUT2D eigenvalue weighted by atomic mass is 10.1. The summed E-state index contributed by atoms with van der Waals surface area (Å²) in [6.45, 7) is 4.23. The van der Waals surface area contributed by atoms with E-state index in [4.69, 9.17) is 0 Å². The molecule has 0 unspecified atom stereocenters. The first kappa shape index (κ1) is 20.7. The number of halogens is 3. The molecule has 2 aliphatic carbocycles. The van der Waals surface area contributed by atoms with Crippen LogP contribution in [0, 0.1) is 5.92 Å². The molecular formula is C21H23F3N4O2S. The number of nitrogens with zero attached hydrogens (tertiary/aromatic N) is 4. The molecule has 1 N–H and O–H groups in total. The van der Waals surface area contributed by atoms with E-state index >= 15 is 0 Å². The number of rotatable bonds is 6. The Bertz CT molecular complexity index is 1210. The third-order valence-electron chi connectivity index (χ3n) is 6.08. The maximum atomic E-state index is 13.2. The van der Waals surface area contributed by atoms with Gasteiger partial charge in [-0.2, -0.15) is 18.3 Å². The largest absolute Gasteiger partial charge is 0.435 e. The number of fused-ring (bicyclic) bond motifs is 1. The number of hydrogen-bond donors (Lipinski definition) is 1. The molecule has 31 heavy (non-hydrogen) atoms. The Morgan fingerprint density at radius 3 is 2.61 bits per heavy atom. The van der Waals surface area contributed by atoms with Crippen molar-refractivity contribution in [2.45, 2.75) is 63.6 Å². The molecule has 10 heteroatoms. The molecule has 0 amide bonds. The van der Waals surface area contributed by atoms with Gasteiger partial charge in [0.2, 0.25) is 0 Å². The van der Waals surface area contributed by atoms with E-state index in [1.165, 1.54) is 22.1 Å². The van der Waals surface area contributed by atoms with Gasteiger partial charge in [-0.1, -0.05) is 13.8 Å². The molecular weight excluding hydrogens is 429 g/mol. The van der Waals surface area contributed by atoms with Crippen LogP contribution in [0.5, 0.6) is 0 Å². The molecule has 0 aromatic carbocycles. The van der Waals surface area contributed by atoms with Crippen molar-refractivity contribution in [1.82, 2.24) is 19.2 Å². The van der Waals surface area contributed by atoms with Crippen molar-refractivity contribution < 1.29 is 18.3 Å². The Balaban J connectivity index is 1.56. The van der Waals surface area contributed by atoms with Crippen molar-refractivity contribution >= 4 is 16.3 Å². The van der Waals surface area contributed by atoms with Gasteiger partial charge in [0.25, 0.3) is 5.56 Å². The summed E-state index contributed by atoms with van der Waals surface area (Å²) < 4.78 is 42.5. The molecule has 0 aliphatic heterocycles. The molecule has 166 valence electrons. The van der Waals surface area contributed by atoms with Crippen molar-refractivity contribution in [1.29, 1.82) is 0 Å². The van der Waals surface area contributed by atoms with E-state index in [1.807, 2.05) is 0 Å². The van der Waals surface area contributed by atoms with Crippen molar-refractivity contribution in [2.24, 2.45) is 5.92 Å². The first-order chi connectivity index (χ1) is 14.7. The zero-order valence-electron chi connectivity index (χ0n) is 17.2. The molecule has 3 aromatic rings. The summed E-state index contributed by atoms with van der Waals surface area (Å²) in [4.78, 5) is 19.3. The Morgan fingerprint density at radius 2 is 2.03 bits per heavy atom. The highest BCUT2D eigenvalue weighted by Crippen LogP contribution is 2.50. The average Bonchev–Trinajstić information content (AvgIpc) is 3.60. The van der Waals surface area contributed by atoms with Crippen LogP contribution in [0.1, 0.15) is 78.5 Å². The monoisotopic (exact) mass is 452 g/mol. The second-order valence-corrected chi connectivity index (χ2v) is 9.89. The normalized spacial score (nSPS) is 21.4. The smallest absolute Gasteiger partial charge is 0.396 e. The number of aliphatic hydroxyl groups is 1. The summed E-state index contributed by atoms with van der Waals surface area (Å²) in [6, 6.07) is 2.51. The summed E-state index contributed by atoms with van der Waals surface area (Å²) in [5.74, 6) is 0.585. The van der Waals surface area contributed by atoms with Gasteiger partial charge in [0.1, 0.15) is 0 Å². The zero-order chi connectivity index (χ0) is 22.1. The molecule has 2 atom stereocenters. The van der Waals surface area contributed by atoms with Crippen LogP contribution in [-0.4, -0.2) is 30.9 Å². The average molecular weight is 453 g/mol. The number of thiazole rings is 1. The number of hydrogen-bond acceptors (Lipinski definition) is 5. The third-order valence-corrected chi connectivity index (χ3v) is 7.43. The van der Waals surface area contributed by atoms with Crippen molar-refractivity contribution in [3.05, 3.63) is 50.1 Å². The van der Waals surface area contributed by atoms with Crippen LogP contribution < -0.4 is 5.56 Å². The van der Waals surface area contributed by atoms with Crippen LogP contribution in [0.25, 0.3) is 4.96 Å². The van der Waals surface area contributed by atoms with Gasteiger partial charge in [-0.25, -0.2) is 4.98 Å². The Kier molecular flexibility index (Phi) is 4.78. The first-order valence-corrected chi connectivity index (χ1v) is 11.3. The maximum absolute atomic E-state index is 13.2. The molecule has 0 saturated heterocycles. The summed E-state index contributed by atoms with van der Waals surface area (Å²) in [5.41, 5.74) is 0.735. The Hall–Kier alpha value is -2.20. The summed E-state index contributed by atoms with van der Waals surface area (Å²) in [7, 11) is 0. The lowest BCUT2D eigenvalue weighted by Gasteiger charge is -2.08. The van der Waals surface area contributed by atoms with Crippen LogP contribution in [0.15, 0.2) is 16.9 Å². The van der Waals surface area contributed by atoms with Crippen LogP contribution in [0.2, 0.25) is 0 Å². The Morgan fingerprint density at radius 1 is 1.29 bits per heavy atom. The van der Waals surface area contributed by atoms with Crippen LogP contribution in [0.3, 0.4) is 0 Å². The highest BCUT2D eigenvalue weighted by Gasteiger charge is 2.42. The predicted molar refractivity (Wildman–Crippen MR) is 110 cm³/mol. The second-order valence-electron chi connectivity index (χ2n) is 8.88. The van der Waals surface area contributed by atoms with E-state index in [9.17, 15) is 23.1 Å². The van der Waals surface area contributed by atoms with Crippen LogP contribution >= 0.6 is 11.3 Å². The lowest BCUT2D eigenvalue weighted by Crippen LogP contribution is -2.19. The van der Waals surface area contributed by atoms with Gasteiger partial charge in [-0.15, -0.1) is 11.3 Å². The molecule has 2 fully saturated rings. The molecule has 2 saturated carbocycles. The molecule has 0 bridgehead atoms.